The normalized spacial score (nSPS) is 10.9. The topological polar surface area (TPSA) is 64.3 Å². The van der Waals surface area contributed by atoms with Gasteiger partial charge in [-0.1, -0.05) is 0 Å². The molecule has 0 saturated heterocycles. The van der Waals surface area contributed by atoms with Gasteiger partial charge in [0.2, 0.25) is 0 Å². The Morgan fingerprint density at radius 2 is 2.06 bits per heavy atom. The summed E-state index contributed by atoms with van der Waals surface area (Å²) in [6, 6.07) is 4.39. The summed E-state index contributed by atoms with van der Waals surface area (Å²) in [6.45, 7) is 4.94. The molecular weight excluding hydrogens is 303 g/mol. The molecule has 0 spiro atoms. The van der Waals surface area contributed by atoms with E-state index in [0.717, 1.165) is 4.90 Å². The first-order valence-corrected chi connectivity index (χ1v) is 5.90. The summed E-state index contributed by atoms with van der Waals surface area (Å²) in [5.74, 6) is -0.702. The third kappa shape index (κ3) is 2.79. The Labute approximate surface area is 113 Å². The van der Waals surface area contributed by atoms with Gasteiger partial charge in [0.05, 0.1) is 21.8 Å². The van der Waals surface area contributed by atoms with Crippen LogP contribution in [0.25, 0.3) is 0 Å². The first-order chi connectivity index (χ1) is 8.18. The quantitative estimate of drug-likeness (QED) is 0.858. The van der Waals surface area contributed by atoms with E-state index in [1.807, 2.05) is 6.07 Å². The number of carbonyl (C=O) groups is 1. The molecule has 0 saturated carbocycles. The monoisotopic (exact) mass is 314 g/mol. The van der Waals surface area contributed by atoms with Gasteiger partial charge in [-0.05, 0) is 48.8 Å². The third-order valence-corrected chi connectivity index (χ3v) is 2.82. The highest BCUT2D eigenvalue weighted by atomic mass is 79.9. The van der Waals surface area contributed by atoms with E-state index >= 15 is 0 Å². The molecule has 18 heavy (non-hydrogen) atoms. The maximum absolute atomic E-state index is 14.0. The predicted octanol–water partition coefficient (Wildman–Crippen LogP) is 3.74. The molecule has 6 heteroatoms. The molecule has 0 aliphatic heterocycles. The van der Waals surface area contributed by atoms with Gasteiger partial charge in [0.25, 0.3) is 0 Å². The molecule has 1 amide bonds. The van der Waals surface area contributed by atoms with Gasteiger partial charge in [-0.3, -0.25) is 4.90 Å². The average Bonchev–Trinajstić information content (AvgIpc) is 2.21. The largest absolute Gasteiger partial charge is 0.465 e. The molecule has 0 fully saturated rings. The van der Waals surface area contributed by atoms with Crippen molar-refractivity contribution in [2.45, 2.75) is 26.3 Å². The summed E-state index contributed by atoms with van der Waals surface area (Å²) >= 11 is 2.98. The number of halogens is 2. The number of amides is 1. The first-order valence-electron chi connectivity index (χ1n) is 5.10. The molecule has 1 N–H and O–H groups in total. The lowest BCUT2D eigenvalue weighted by Crippen LogP contribution is -2.45. The zero-order valence-electron chi connectivity index (χ0n) is 10.2. The van der Waals surface area contributed by atoms with Crippen molar-refractivity contribution in [3.05, 3.63) is 28.0 Å². The molecule has 1 aromatic rings. The van der Waals surface area contributed by atoms with Crippen LogP contribution in [0.15, 0.2) is 16.6 Å². The molecule has 0 atom stereocenters. The van der Waals surface area contributed by atoms with Crippen molar-refractivity contribution in [2.75, 3.05) is 4.90 Å². The molecule has 0 radical (unpaired) electrons. The second-order valence-corrected chi connectivity index (χ2v) is 5.55. The van der Waals surface area contributed by atoms with Gasteiger partial charge in [-0.15, -0.1) is 0 Å². The summed E-state index contributed by atoms with van der Waals surface area (Å²) in [7, 11) is 0. The maximum atomic E-state index is 14.0. The van der Waals surface area contributed by atoms with Gasteiger partial charge < -0.3 is 5.11 Å². The summed E-state index contributed by atoms with van der Waals surface area (Å²) in [4.78, 5) is 12.2. The van der Waals surface area contributed by atoms with E-state index in [-0.39, 0.29) is 15.7 Å². The summed E-state index contributed by atoms with van der Waals surface area (Å²) in [5.41, 5.74) is -0.769. The smallest absolute Gasteiger partial charge is 0.412 e. The van der Waals surface area contributed by atoms with Crippen molar-refractivity contribution < 1.29 is 14.3 Å². The molecule has 0 aliphatic carbocycles. The number of anilines is 1. The van der Waals surface area contributed by atoms with Crippen LogP contribution in [0, 0.1) is 17.1 Å². The highest BCUT2D eigenvalue weighted by molar-refractivity contribution is 9.10. The number of nitriles is 1. The fourth-order valence-electron chi connectivity index (χ4n) is 1.55. The molecule has 0 aromatic heterocycles. The zero-order chi connectivity index (χ0) is 14.1. The fourth-order valence-corrected chi connectivity index (χ4v) is 2.00. The van der Waals surface area contributed by atoms with Crippen LogP contribution in [0.3, 0.4) is 0 Å². The highest BCUT2D eigenvalue weighted by Gasteiger charge is 2.31. The molecule has 4 nitrogen and oxygen atoms in total. The van der Waals surface area contributed by atoms with Gasteiger partial charge in [-0.25, -0.2) is 9.18 Å². The summed E-state index contributed by atoms with van der Waals surface area (Å²) < 4.78 is 14.1. The molecule has 1 rings (SSSR count). The molecule has 1 aromatic carbocycles. The minimum atomic E-state index is -1.27. The zero-order valence-corrected chi connectivity index (χ0v) is 11.7. The van der Waals surface area contributed by atoms with Gasteiger partial charge in [0.1, 0.15) is 0 Å². The van der Waals surface area contributed by atoms with E-state index in [0.29, 0.717) is 0 Å². The number of rotatable bonds is 1. The van der Waals surface area contributed by atoms with Crippen LogP contribution in [0.1, 0.15) is 26.3 Å². The van der Waals surface area contributed by atoms with Crippen LogP contribution in [0.2, 0.25) is 0 Å². The molecule has 0 heterocycles. The lowest BCUT2D eigenvalue weighted by Gasteiger charge is -2.33. The summed E-state index contributed by atoms with van der Waals surface area (Å²) in [5, 5.41) is 18.0. The van der Waals surface area contributed by atoms with Crippen molar-refractivity contribution >= 4 is 27.7 Å². The van der Waals surface area contributed by atoms with Gasteiger partial charge in [0.15, 0.2) is 5.82 Å². The first kappa shape index (κ1) is 14.5. The molecule has 0 aliphatic rings. The van der Waals surface area contributed by atoms with Crippen LogP contribution in [-0.2, 0) is 0 Å². The second-order valence-electron chi connectivity index (χ2n) is 4.69. The van der Waals surface area contributed by atoms with E-state index in [4.69, 9.17) is 5.26 Å². The Hall–Kier alpha value is -1.61. The number of nitrogens with zero attached hydrogens (tertiary/aromatic N) is 2. The van der Waals surface area contributed by atoms with E-state index in [1.54, 1.807) is 20.8 Å². The predicted molar refractivity (Wildman–Crippen MR) is 69.1 cm³/mol. The van der Waals surface area contributed by atoms with Gasteiger partial charge in [-0.2, -0.15) is 5.26 Å². The van der Waals surface area contributed by atoms with E-state index < -0.39 is 17.4 Å². The Morgan fingerprint density at radius 1 is 1.50 bits per heavy atom. The minimum absolute atomic E-state index is 0.0621. The van der Waals surface area contributed by atoms with Gasteiger partial charge in [0, 0.05) is 5.54 Å². The fraction of sp³-hybridized carbons (Fsp3) is 0.333. The second kappa shape index (κ2) is 4.94. The van der Waals surface area contributed by atoms with Crippen molar-refractivity contribution in [1.82, 2.24) is 0 Å². The lowest BCUT2D eigenvalue weighted by atomic mass is 10.0. The lowest BCUT2D eigenvalue weighted by molar-refractivity contribution is 0.195. The van der Waals surface area contributed by atoms with Crippen molar-refractivity contribution in [3.63, 3.8) is 0 Å². The van der Waals surface area contributed by atoms with Crippen LogP contribution in [0.5, 0.6) is 0 Å². The van der Waals surface area contributed by atoms with Crippen LogP contribution in [0.4, 0.5) is 14.9 Å². The van der Waals surface area contributed by atoms with Crippen LogP contribution >= 0.6 is 15.9 Å². The molecule has 0 bridgehead atoms. The van der Waals surface area contributed by atoms with E-state index in [2.05, 4.69) is 15.9 Å². The number of hydrogen-bond acceptors (Lipinski definition) is 2. The van der Waals surface area contributed by atoms with Crippen molar-refractivity contribution in [2.24, 2.45) is 0 Å². The minimum Gasteiger partial charge on any atom is -0.465 e. The van der Waals surface area contributed by atoms with Crippen LogP contribution < -0.4 is 4.90 Å². The Bertz CT molecular complexity index is 532. The molecule has 0 unspecified atom stereocenters. The Morgan fingerprint density at radius 3 is 2.44 bits per heavy atom. The van der Waals surface area contributed by atoms with Crippen LogP contribution in [-0.4, -0.2) is 16.7 Å². The Balaban J connectivity index is 3.52. The standard InChI is InChI=1S/C12H12BrFN2O2/c1-12(2,3)16(11(17)18)9-5-7(6-15)4-8(13)10(9)14/h4-5H,1-3H3,(H,17,18). The van der Waals surface area contributed by atoms with Gasteiger partial charge >= 0.3 is 6.09 Å². The number of benzene rings is 1. The SMILES string of the molecule is CC(C)(C)N(C(=O)O)c1cc(C#N)cc(Br)c1F. The van der Waals surface area contributed by atoms with Crippen molar-refractivity contribution in [3.8, 4) is 6.07 Å². The number of hydrogen-bond donors (Lipinski definition) is 1. The van der Waals surface area contributed by atoms with E-state index in [1.165, 1.54) is 12.1 Å². The molecule has 96 valence electrons. The Kier molecular flexibility index (Phi) is 3.97. The number of carboxylic acid groups (broad SMARTS) is 1. The van der Waals surface area contributed by atoms with E-state index in [9.17, 15) is 14.3 Å². The molecular formula is C12H12BrFN2O2. The highest BCUT2D eigenvalue weighted by Crippen LogP contribution is 2.32. The third-order valence-electron chi connectivity index (χ3n) is 2.24. The average molecular weight is 315 g/mol. The maximum Gasteiger partial charge on any atom is 0.412 e. The van der Waals surface area contributed by atoms with Crippen molar-refractivity contribution in [1.29, 1.82) is 5.26 Å². The summed E-state index contributed by atoms with van der Waals surface area (Å²) in [6.07, 6.45) is -1.27.